The van der Waals surface area contributed by atoms with E-state index in [0.717, 1.165) is 22.3 Å². The Hall–Kier alpha value is -2.34. The molecule has 0 saturated carbocycles. The molecule has 2 aromatic rings. The third-order valence-electron chi connectivity index (χ3n) is 4.35. The second kappa shape index (κ2) is 8.13. The third-order valence-corrected chi connectivity index (χ3v) is 5.70. The molecule has 27 heavy (non-hydrogen) atoms. The normalized spacial score (nSPS) is 11.5. The van der Waals surface area contributed by atoms with Crippen LogP contribution in [0.2, 0.25) is 0 Å². The Morgan fingerprint density at radius 3 is 2.11 bits per heavy atom. The Morgan fingerprint density at radius 2 is 1.56 bits per heavy atom. The summed E-state index contributed by atoms with van der Waals surface area (Å²) in [6.07, 6.45) is 0. The van der Waals surface area contributed by atoms with Crippen LogP contribution in [0.3, 0.4) is 0 Å². The summed E-state index contributed by atoms with van der Waals surface area (Å²) in [4.78, 5) is 12.5. The van der Waals surface area contributed by atoms with E-state index in [0.29, 0.717) is 23.7 Å². The van der Waals surface area contributed by atoms with Gasteiger partial charge in [0.2, 0.25) is 0 Å². The molecule has 0 fully saturated rings. The minimum absolute atomic E-state index is 0.0715. The van der Waals surface area contributed by atoms with Gasteiger partial charge in [0.1, 0.15) is 0 Å². The maximum atomic E-state index is 12.9. The number of rotatable bonds is 6. The number of benzene rings is 2. The molecular formula is C21H28N2O3S. The van der Waals surface area contributed by atoms with Crippen LogP contribution in [0.4, 0.5) is 5.69 Å². The van der Waals surface area contributed by atoms with E-state index < -0.39 is 10.0 Å². The van der Waals surface area contributed by atoms with Gasteiger partial charge in [-0.15, -0.1) is 0 Å². The highest BCUT2D eigenvalue weighted by molar-refractivity contribution is 7.92. The molecule has 0 heterocycles. The molecule has 2 N–H and O–H groups in total. The van der Waals surface area contributed by atoms with Crippen molar-refractivity contribution in [3.05, 3.63) is 58.1 Å². The van der Waals surface area contributed by atoms with Crippen LogP contribution < -0.4 is 10.0 Å². The molecule has 1 amide bonds. The van der Waals surface area contributed by atoms with Crippen molar-refractivity contribution in [2.24, 2.45) is 5.92 Å². The molecule has 0 bridgehead atoms. The average molecular weight is 389 g/mol. The Labute approximate surface area is 162 Å². The van der Waals surface area contributed by atoms with E-state index in [2.05, 4.69) is 10.0 Å². The first-order valence-corrected chi connectivity index (χ1v) is 10.5. The van der Waals surface area contributed by atoms with Crippen molar-refractivity contribution in [1.29, 1.82) is 0 Å². The van der Waals surface area contributed by atoms with E-state index in [1.807, 2.05) is 46.8 Å². The van der Waals surface area contributed by atoms with Crippen LogP contribution >= 0.6 is 0 Å². The van der Waals surface area contributed by atoms with Gasteiger partial charge in [-0.05, 0) is 62.4 Å². The number of hydrogen-bond donors (Lipinski definition) is 2. The van der Waals surface area contributed by atoms with Gasteiger partial charge in [0.25, 0.3) is 15.9 Å². The van der Waals surface area contributed by atoms with Crippen LogP contribution in [0.25, 0.3) is 0 Å². The fourth-order valence-electron chi connectivity index (χ4n) is 2.94. The van der Waals surface area contributed by atoms with Crippen molar-refractivity contribution in [2.45, 2.75) is 46.4 Å². The van der Waals surface area contributed by atoms with Crippen molar-refractivity contribution in [3.8, 4) is 0 Å². The Kier molecular flexibility index (Phi) is 6.31. The Balaban J connectivity index is 2.37. The summed E-state index contributed by atoms with van der Waals surface area (Å²) in [5, 5.41) is 2.84. The maximum Gasteiger partial charge on any atom is 0.261 e. The number of nitrogens with one attached hydrogen (secondary N) is 2. The van der Waals surface area contributed by atoms with Gasteiger partial charge in [0.15, 0.2) is 0 Å². The quantitative estimate of drug-likeness (QED) is 0.782. The summed E-state index contributed by atoms with van der Waals surface area (Å²) in [6, 6.07) is 8.49. The zero-order chi connectivity index (χ0) is 20.4. The molecule has 0 aliphatic carbocycles. The minimum atomic E-state index is -3.81. The van der Waals surface area contributed by atoms with Gasteiger partial charge in [-0.2, -0.15) is 0 Å². The number of amides is 1. The molecule has 0 saturated heterocycles. The fourth-order valence-corrected chi connectivity index (χ4v) is 4.17. The van der Waals surface area contributed by atoms with Crippen LogP contribution in [0.5, 0.6) is 0 Å². The Morgan fingerprint density at radius 1 is 0.963 bits per heavy atom. The van der Waals surface area contributed by atoms with Crippen molar-refractivity contribution >= 4 is 21.6 Å². The highest BCUT2D eigenvalue weighted by Crippen LogP contribution is 2.26. The molecule has 0 spiro atoms. The summed E-state index contributed by atoms with van der Waals surface area (Å²) in [6.45, 7) is 12.1. The molecule has 6 heteroatoms. The van der Waals surface area contributed by atoms with Crippen molar-refractivity contribution in [2.75, 3.05) is 11.3 Å². The van der Waals surface area contributed by atoms with E-state index in [4.69, 9.17) is 0 Å². The zero-order valence-electron chi connectivity index (χ0n) is 16.8. The zero-order valence-corrected chi connectivity index (χ0v) is 17.6. The number of sulfonamides is 1. The monoisotopic (exact) mass is 388 g/mol. The summed E-state index contributed by atoms with van der Waals surface area (Å²) in [5.74, 6) is 0.0521. The lowest BCUT2D eigenvalue weighted by Gasteiger charge is -2.15. The summed E-state index contributed by atoms with van der Waals surface area (Å²) < 4.78 is 28.5. The number of aryl methyl sites for hydroxylation is 4. The largest absolute Gasteiger partial charge is 0.352 e. The van der Waals surface area contributed by atoms with E-state index in [9.17, 15) is 13.2 Å². The highest BCUT2D eigenvalue weighted by Gasteiger charge is 2.20. The number of hydrogen-bond acceptors (Lipinski definition) is 3. The lowest BCUT2D eigenvalue weighted by molar-refractivity contribution is 0.0948. The number of carbonyl (C=O) groups excluding carboxylic acids is 1. The molecule has 2 aromatic carbocycles. The van der Waals surface area contributed by atoms with Crippen LogP contribution in [-0.4, -0.2) is 20.9 Å². The van der Waals surface area contributed by atoms with Crippen molar-refractivity contribution in [3.63, 3.8) is 0 Å². The van der Waals surface area contributed by atoms with E-state index >= 15 is 0 Å². The first-order chi connectivity index (χ1) is 12.5. The maximum absolute atomic E-state index is 12.9. The second-order valence-corrected chi connectivity index (χ2v) is 9.14. The topological polar surface area (TPSA) is 75.3 Å². The van der Waals surface area contributed by atoms with E-state index in [1.54, 1.807) is 13.0 Å². The van der Waals surface area contributed by atoms with Gasteiger partial charge in [-0.25, -0.2) is 8.42 Å². The van der Waals surface area contributed by atoms with Gasteiger partial charge in [0.05, 0.1) is 10.6 Å². The first kappa shape index (κ1) is 21.0. The average Bonchev–Trinajstić information content (AvgIpc) is 2.56. The lowest BCUT2D eigenvalue weighted by Crippen LogP contribution is -2.28. The molecule has 0 aliphatic rings. The van der Waals surface area contributed by atoms with Crippen molar-refractivity contribution < 1.29 is 13.2 Å². The van der Waals surface area contributed by atoms with Gasteiger partial charge >= 0.3 is 0 Å². The fraction of sp³-hybridized carbons (Fsp3) is 0.381. The minimum Gasteiger partial charge on any atom is -0.352 e. The first-order valence-electron chi connectivity index (χ1n) is 9.00. The van der Waals surface area contributed by atoms with Crippen LogP contribution in [0.1, 0.15) is 46.5 Å². The summed E-state index contributed by atoms with van der Waals surface area (Å²) in [5.41, 5.74) is 4.48. The molecule has 5 nitrogen and oxygen atoms in total. The lowest BCUT2D eigenvalue weighted by atomic mass is 10.1. The molecule has 2 rings (SSSR count). The SMILES string of the molecule is Cc1cc(C)c(NS(=O)(=O)c2ccc(C)c(C(=O)NCC(C)C)c2)c(C)c1. The third kappa shape index (κ3) is 5.10. The van der Waals surface area contributed by atoms with Crippen LogP contribution in [0.15, 0.2) is 35.2 Å². The molecule has 0 atom stereocenters. The van der Waals surface area contributed by atoms with Crippen molar-refractivity contribution in [1.82, 2.24) is 5.32 Å². The molecular weight excluding hydrogens is 360 g/mol. The highest BCUT2D eigenvalue weighted by atomic mass is 32.2. The van der Waals surface area contributed by atoms with Crippen LogP contribution in [0, 0.1) is 33.6 Å². The standard InChI is InChI=1S/C21H28N2O3S/c1-13(2)12-22-21(24)19-11-18(8-7-15(19)4)27(25,26)23-20-16(5)9-14(3)10-17(20)6/h7-11,13,23H,12H2,1-6H3,(H,22,24). The molecule has 0 aliphatic heterocycles. The van der Waals surface area contributed by atoms with Gasteiger partial charge in [0, 0.05) is 12.1 Å². The summed E-state index contributed by atoms with van der Waals surface area (Å²) >= 11 is 0. The van der Waals surface area contributed by atoms with Gasteiger partial charge < -0.3 is 5.32 Å². The van der Waals surface area contributed by atoms with Gasteiger partial charge in [-0.1, -0.05) is 37.6 Å². The van der Waals surface area contributed by atoms with Crippen LogP contribution in [-0.2, 0) is 10.0 Å². The summed E-state index contributed by atoms with van der Waals surface area (Å²) in [7, 11) is -3.81. The predicted octanol–water partition coefficient (Wildman–Crippen LogP) is 4.11. The second-order valence-electron chi connectivity index (χ2n) is 7.46. The molecule has 0 aromatic heterocycles. The number of carbonyl (C=O) groups is 1. The Bertz CT molecular complexity index is 940. The van der Waals surface area contributed by atoms with E-state index in [1.165, 1.54) is 12.1 Å². The molecule has 146 valence electrons. The predicted molar refractivity (Wildman–Crippen MR) is 110 cm³/mol. The van der Waals surface area contributed by atoms with Gasteiger partial charge in [-0.3, -0.25) is 9.52 Å². The molecule has 0 unspecified atom stereocenters. The molecule has 0 radical (unpaired) electrons. The number of anilines is 1. The van der Waals surface area contributed by atoms with E-state index in [-0.39, 0.29) is 10.8 Å². The smallest absolute Gasteiger partial charge is 0.261 e.